The van der Waals surface area contributed by atoms with E-state index in [1.54, 1.807) is 6.92 Å². The summed E-state index contributed by atoms with van der Waals surface area (Å²) < 4.78 is 0. The zero-order valence-electron chi connectivity index (χ0n) is 7.12. The Morgan fingerprint density at radius 1 is 1.58 bits per heavy atom. The highest BCUT2D eigenvalue weighted by atomic mass is 16.4. The quantitative estimate of drug-likeness (QED) is 0.371. The number of isocyanates is 1. The van der Waals surface area contributed by atoms with E-state index in [1.807, 2.05) is 0 Å². The fourth-order valence-electron chi connectivity index (χ4n) is 0.811. The molecule has 0 radical (unpaired) electrons. The van der Waals surface area contributed by atoms with Gasteiger partial charge in [-0.15, -0.1) is 0 Å². The van der Waals surface area contributed by atoms with E-state index in [9.17, 15) is 9.59 Å². The first-order chi connectivity index (χ1) is 5.68. The van der Waals surface area contributed by atoms with Gasteiger partial charge in [-0.05, 0) is 12.8 Å². The molecule has 0 bridgehead atoms. The van der Waals surface area contributed by atoms with Crippen LogP contribution in [0.1, 0.15) is 26.2 Å². The summed E-state index contributed by atoms with van der Waals surface area (Å²) in [6, 6.07) is 0. The minimum Gasteiger partial charge on any atom is -0.481 e. The third-order valence-electron chi connectivity index (χ3n) is 1.64. The van der Waals surface area contributed by atoms with Crippen molar-refractivity contribution in [1.82, 2.24) is 0 Å². The molecule has 4 heteroatoms. The van der Waals surface area contributed by atoms with Gasteiger partial charge in [0.1, 0.15) is 0 Å². The zero-order valence-corrected chi connectivity index (χ0v) is 7.12. The Balaban J connectivity index is 3.31. The number of carbonyl (C=O) groups is 1. The summed E-state index contributed by atoms with van der Waals surface area (Å²) in [6.07, 6.45) is 3.63. The largest absolute Gasteiger partial charge is 0.481 e. The molecular weight excluding hydrogens is 158 g/mol. The number of carboxylic acids is 1. The van der Waals surface area contributed by atoms with Crippen LogP contribution in [-0.4, -0.2) is 23.7 Å². The maximum atomic E-state index is 10.3. The van der Waals surface area contributed by atoms with E-state index >= 15 is 0 Å². The number of aliphatic imine (C=N–C) groups is 1. The molecule has 0 amide bonds. The monoisotopic (exact) mass is 171 g/mol. The van der Waals surface area contributed by atoms with Crippen LogP contribution in [0.5, 0.6) is 0 Å². The van der Waals surface area contributed by atoms with Gasteiger partial charge in [0, 0.05) is 0 Å². The summed E-state index contributed by atoms with van der Waals surface area (Å²) in [5.74, 6) is -1.07. The third-order valence-corrected chi connectivity index (χ3v) is 1.64. The predicted octanol–water partition coefficient (Wildman–Crippen LogP) is 1.21. The van der Waals surface area contributed by atoms with Crippen molar-refractivity contribution in [1.29, 1.82) is 0 Å². The Bertz CT molecular complexity index is 185. The maximum absolute atomic E-state index is 10.3. The number of unbranched alkanes of at least 4 members (excludes halogenated alkanes) is 1. The second-order valence-electron chi connectivity index (χ2n) is 2.71. The molecule has 1 unspecified atom stereocenters. The highest BCUT2D eigenvalue weighted by Gasteiger charge is 2.08. The summed E-state index contributed by atoms with van der Waals surface area (Å²) >= 11 is 0. The fourth-order valence-corrected chi connectivity index (χ4v) is 0.811. The highest BCUT2D eigenvalue weighted by molar-refractivity contribution is 5.69. The summed E-state index contributed by atoms with van der Waals surface area (Å²) in [4.78, 5) is 23.3. The van der Waals surface area contributed by atoms with Gasteiger partial charge >= 0.3 is 5.97 Å². The van der Waals surface area contributed by atoms with Crippen LogP contribution in [0, 0.1) is 5.92 Å². The van der Waals surface area contributed by atoms with E-state index < -0.39 is 5.97 Å². The second kappa shape index (κ2) is 6.55. The molecule has 0 aromatic carbocycles. The van der Waals surface area contributed by atoms with Crippen LogP contribution < -0.4 is 0 Å². The van der Waals surface area contributed by atoms with Gasteiger partial charge in [0.15, 0.2) is 0 Å². The van der Waals surface area contributed by atoms with Crippen LogP contribution in [0.2, 0.25) is 0 Å². The van der Waals surface area contributed by atoms with Crippen LogP contribution in [0.4, 0.5) is 0 Å². The lowest BCUT2D eigenvalue weighted by Gasteiger charge is -2.03. The molecule has 0 aliphatic rings. The Labute approximate surface area is 71.3 Å². The molecule has 0 saturated carbocycles. The van der Waals surface area contributed by atoms with Gasteiger partial charge in [-0.1, -0.05) is 13.3 Å². The standard InChI is InChI=1S/C8H13NO3/c1-7(8(11)12)4-2-3-5-9-6-10/h7H,2-5H2,1H3,(H,11,12). The SMILES string of the molecule is CC(CCCCN=C=O)C(=O)O. The van der Waals surface area contributed by atoms with Crippen molar-refractivity contribution >= 4 is 12.0 Å². The van der Waals surface area contributed by atoms with Crippen molar-refractivity contribution in [3.63, 3.8) is 0 Å². The molecule has 12 heavy (non-hydrogen) atoms. The van der Waals surface area contributed by atoms with Crippen LogP contribution in [-0.2, 0) is 9.59 Å². The van der Waals surface area contributed by atoms with E-state index in [0.717, 1.165) is 12.8 Å². The average Bonchev–Trinajstić information content (AvgIpc) is 2.03. The van der Waals surface area contributed by atoms with E-state index in [-0.39, 0.29) is 5.92 Å². The average molecular weight is 171 g/mol. The van der Waals surface area contributed by atoms with Crippen molar-refractivity contribution < 1.29 is 14.7 Å². The second-order valence-corrected chi connectivity index (χ2v) is 2.71. The van der Waals surface area contributed by atoms with E-state index in [0.29, 0.717) is 13.0 Å². The molecule has 0 aliphatic carbocycles. The molecule has 0 rings (SSSR count). The fraction of sp³-hybridized carbons (Fsp3) is 0.750. The van der Waals surface area contributed by atoms with Gasteiger partial charge < -0.3 is 5.11 Å². The summed E-state index contributed by atoms with van der Waals surface area (Å²) in [5, 5.41) is 8.50. The molecule has 0 aromatic heterocycles. The van der Waals surface area contributed by atoms with Gasteiger partial charge in [-0.2, -0.15) is 0 Å². The van der Waals surface area contributed by atoms with Gasteiger partial charge in [-0.25, -0.2) is 9.79 Å². The lowest BCUT2D eigenvalue weighted by molar-refractivity contribution is -0.141. The number of hydrogen-bond acceptors (Lipinski definition) is 3. The first-order valence-electron chi connectivity index (χ1n) is 3.95. The molecular formula is C8H13NO3. The van der Waals surface area contributed by atoms with Crippen LogP contribution in [0.3, 0.4) is 0 Å². The first-order valence-corrected chi connectivity index (χ1v) is 3.95. The highest BCUT2D eigenvalue weighted by Crippen LogP contribution is 2.07. The van der Waals surface area contributed by atoms with Gasteiger partial charge in [0.25, 0.3) is 0 Å². The van der Waals surface area contributed by atoms with E-state index in [4.69, 9.17) is 5.11 Å². The molecule has 0 spiro atoms. The van der Waals surface area contributed by atoms with Crippen molar-refractivity contribution in [2.45, 2.75) is 26.2 Å². The smallest absolute Gasteiger partial charge is 0.306 e. The number of aliphatic carboxylic acids is 1. The third kappa shape index (κ3) is 5.62. The van der Waals surface area contributed by atoms with E-state index in [1.165, 1.54) is 6.08 Å². The van der Waals surface area contributed by atoms with Crippen molar-refractivity contribution in [3.8, 4) is 0 Å². The van der Waals surface area contributed by atoms with Crippen LogP contribution in [0.25, 0.3) is 0 Å². The molecule has 1 N–H and O–H groups in total. The Morgan fingerprint density at radius 2 is 2.25 bits per heavy atom. The molecule has 4 nitrogen and oxygen atoms in total. The molecule has 0 saturated heterocycles. The summed E-state index contributed by atoms with van der Waals surface area (Å²) in [5.41, 5.74) is 0. The Morgan fingerprint density at radius 3 is 2.75 bits per heavy atom. The number of rotatable bonds is 6. The van der Waals surface area contributed by atoms with Crippen molar-refractivity contribution in [3.05, 3.63) is 0 Å². The van der Waals surface area contributed by atoms with Gasteiger partial charge in [0.2, 0.25) is 6.08 Å². The summed E-state index contributed by atoms with van der Waals surface area (Å²) in [7, 11) is 0. The Hall–Kier alpha value is -1.15. The lowest BCUT2D eigenvalue weighted by atomic mass is 10.0. The number of hydrogen-bond donors (Lipinski definition) is 1. The number of carbonyl (C=O) groups excluding carboxylic acids is 1. The summed E-state index contributed by atoms with van der Waals surface area (Å²) in [6.45, 7) is 2.13. The molecule has 68 valence electrons. The van der Waals surface area contributed by atoms with Crippen LogP contribution in [0.15, 0.2) is 4.99 Å². The van der Waals surface area contributed by atoms with Gasteiger partial charge in [-0.3, -0.25) is 4.79 Å². The lowest BCUT2D eigenvalue weighted by Crippen LogP contribution is -2.08. The first kappa shape index (κ1) is 10.8. The Kier molecular flexibility index (Phi) is 5.93. The minimum absolute atomic E-state index is 0.301. The van der Waals surface area contributed by atoms with E-state index in [2.05, 4.69) is 4.99 Å². The molecule has 0 heterocycles. The molecule has 0 aromatic rings. The predicted molar refractivity (Wildman–Crippen MR) is 43.6 cm³/mol. The molecule has 0 aliphatic heterocycles. The maximum Gasteiger partial charge on any atom is 0.306 e. The van der Waals surface area contributed by atoms with Crippen LogP contribution >= 0.6 is 0 Å². The van der Waals surface area contributed by atoms with Gasteiger partial charge in [0.05, 0.1) is 12.5 Å². The van der Waals surface area contributed by atoms with Crippen molar-refractivity contribution in [2.75, 3.05) is 6.54 Å². The zero-order chi connectivity index (χ0) is 9.40. The molecule has 0 fully saturated rings. The minimum atomic E-state index is -0.770. The topological polar surface area (TPSA) is 66.7 Å². The number of carboxylic acid groups (broad SMARTS) is 1. The van der Waals surface area contributed by atoms with Crippen molar-refractivity contribution in [2.24, 2.45) is 10.9 Å². The normalized spacial score (nSPS) is 11.8. The number of nitrogens with zero attached hydrogens (tertiary/aromatic N) is 1. The molecule has 1 atom stereocenters.